The molecule has 0 aromatic heterocycles. The van der Waals surface area contributed by atoms with Gasteiger partial charge in [0.1, 0.15) is 11.9 Å². The summed E-state index contributed by atoms with van der Waals surface area (Å²) in [5, 5.41) is 4.51. The van der Waals surface area contributed by atoms with Crippen LogP contribution in [0.25, 0.3) is 11.1 Å². The third-order valence-corrected chi connectivity index (χ3v) is 4.04. The summed E-state index contributed by atoms with van der Waals surface area (Å²) in [5.41, 5.74) is 3.15. The Hall–Kier alpha value is -1.22. The smallest absolute Gasteiger partial charge is 0.131 e. The summed E-state index contributed by atoms with van der Waals surface area (Å²) in [4.78, 5) is 0. The lowest BCUT2D eigenvalue weighted by atomic mass is 10.0. The van der Waals surface area contributed by atoms with Crippen molar-refractivity contribution in [3.05, 3.63) is 52.0 Å². The van der Waals surface area contributed by atoms with Crippen LogP contribution < -0.4 is 10.1 Å². The van der Waals surface area contributed by atoms with Crippen LogP contribution in [0.1, 0.15) is 5.56 Å². The molecule has 2 aromatic carbocycles. The summed E-state index contributed by atoms with van der Waals surface area (Å²) in [6.07, 6.45) is 1.09. The van der Waals surface area contributed by atoms with E-state index >= 15 is 0 Å². The molecular weight excluding hydrogens is 293 g/mol. The monoisotopic (exact) mass is 307 g/mol. The van der Waals surface area contributed by atoms with E-state index in [1.807, 2.05) is 31.3 Å². The maximum Gasteiger partial charge on any atom is 0.131 e. The number of ether oxygens (including phenoxy) is 1. The highest BCUT2D eigenvalue weighted by Crippen LogP contribution is 2.41. The van der Waals surface area contributed by atoms with Gasteiger partial charge >= 0.3 is 0 Å². The van der Waals surface area contributed by atoms with Gasteiger partial charge in [-0.05, 0) is 30.8 Å². The molecule has 0 saturated carbocycles. The standard InChI is InChI=1S/C16H15Cl2NO/c1-19-9-12-7-10-3-2-4-13(16(10)20-12)14-8-11(17)5-6-15(14)18/h2-6,8,12,19H,7,9H2,1H3/t12-/m1/s1. The van der Waals surface area contributed by atoms with Crippen LogP contribution in [-0.2, 0) is 6.42 Å². The van der Waals surface area contributed by atoms with Crippen LogP contribution in [-0.4, -0.2) is 19.7 Å². The van der Waals surface area contributed by atoms with Gasteiger partial charge in [0.15, 0.2) is 0 Å². The minimum atomic E-state index is 0.175. The molecule has 4 heteroatoms. The van der Waals surface area contributed by atoms with Crippen molar-refractivity contribution in [3.8, 4) is 16.9 Å². The van der Waals surface area contributed by atoms with Crippen LogP contribution >= 0.6 is 23.2 Å². The molecule has 104 valence electrons. The SMILES string of the molecule is CNC[C@H]1Cc2cccc(-c3cc(Cl)ccc3Cl)c2O1. The van der Waals surface area contributed by atoms with Crippen LogP contribution in [0.5, 0.6) is 5.75 Å². The quantitative estimate of drug-likeness (QED) is 0.918. The van der Waals surface area contributed by atoms with Crippen LogP contribution in [0.4, 0.5) is 0 Å². The second kappa shape index (κ2) is 5.65. The van der Waals surface area contributed by atoms with E-state index < -0.39 is 0 Å². The number of para-hydroxylation sites is 1. The van der Waals surface area contributed by atoms with Gasteiger partial charge in [0.05, 0.1) is 0 Å². The number of benzene rings is 2. The Labute approximate surface area is 128 Å². The molecule has 1 aliphatic heterocycles. The zero-order chi connectivity index (χ0) is 14.1. The van der Waals surface area contributed by atoms with Crippen molar-refractivity contribution in [1.29, 1.82) is 0 Å². The van der Waals surface area contributed by atoms with E-state index in [1.165, 1.54) is 5.56 Å². The lowest BCUT2D eigenvalue weighted by Gasteiger charge is -2.13. The Kier molecular flexibility index (Phi) is 3.88. The normalized spacial score (nSPS) is 16.9. The summed E-state index contributed by atoms with van der Waals surface area (Å²) >= 11 is 12.4. The van der Waals surface area contributed by atoms with Crippen molar-refractivity contribution in [2.45, 2.75) is 12.5 Å². The average Bonchev–Trinajstić information content (AvgIpc) is 2.84. The Morgan fingerprint density at radius 1 is 1.20 bits per heavy atom. The van der Waals surface area contributed by atoms with Crippen molar-refractivity contribution < 1.29 is 4.74 Å². The average molecular weight is 308 g/mol. The molecule has 0 saturated heterocycles. The highest BCUT2D eigenvalue weighted by molar-refractivity contribution is 6.35. The van der Waals surface area contributed by atoms with Crippen molar-refractivity contribution >= 4 is 23.2 Å². The number of hydrogen-bond acceptors (Lipinski definition) is 2. The molecule has 0 radical (unpaired) electrons. The summed E-state index contributed by atoms with van der Waals surface area (Å²) < 4.78 is 6.06. The minimum Gasteiger partial charge on any atom is -0.488 e. The molecule has 1 aliphatic rings. The lowest BCUT2D eigenvalue weighted by molar-refractivity contribution is 0.232. The molecule has 0 amide bonds. The fourth-order valence-electron chi connectivity index (χ4n) is 2.60. The maximum atomic E-state index is 6.30. The van der Waals surface area contributed by atoms with E-state index in [4.69, 9.17) is 27.9 Å². The number of halogens is 2. The van der Waals surface area contributed by atoms with E-state index in [1.54, 1.807) is 6.07 Å². The number of nitrogens with one attached hydrogen (secondary N) is 1. The molecule has 3 rings (SSSR count). The maximum absolute atomic E-state index is 6.30. The first kappa shape index (κ1) is 13.7. The van der Waals surface area contributed by atoms with Gasteiger partial charge in [-0.3, -0.25) is 0 Å². The number of hydrogen-bond donors (Lipinski definition) is 1. The molecular formula is C16H15Cl2NO. The first-order chi connectivity index (χ1) is 9.69. The summed E-state index contributed by atoms with van der Waals surface area (Å²) in [7, 11) is 1.93. The molecule has 0 unspecified atom stereocenters. The Balaban J connectivity index is 2.05. The van der Waals surface area contributed by atoms with E-state index in [-0.39, 0.29) is 6.10 Å². The van der Waals surface area contributed by atoms with Crippen molar-refractivity contribution in [2.24, 2.45) is 0 Å². The first-order valence-corrected chi connectivity index (χ1v) is 7.33. The second-order valence-corrected chi connectivity index (χ2v) is 5.76. The molecule has 20 heavy (non-hydrogen) atoms. The van der Waals surface area contributed by atoms with Gasteiger partial charge in [-0.1, -0.05) is 41.4 Å². The largest absolute Gasteiger partial charge is 0.488 e. The van der Waals surface area contributed by atoms with E-state index in [0.29, 0.717) is 10.0 Å². The third kappa shape index (κ3) is 2.51. The minimum absolute atomic E-state index is 0.175. The predicted octanol–water partition coefficient (Wildman–Crippen LogP) is 4.18. The summed E-state index contributed by atoms with van der Waals surface area (Å²) in [5.74, 6) is 0.928. The molecule has 0 fully saturated rings. The van der Waals surface area contributed by atoms with Crippen LogP contribution in [0.15, 0.2) is 36.4 Å². The number of rotatable bonds is 3. The molecule has 1 atom stereocenters. The van der Waals surface area contributed by atoms with E-state index in [2.05, 4.69) is 11.4 Å². The molecule has 0 spiro atoms. The van der Waals surface area contributed by atoms with Crippen molar-refractivity contribution in [3.63, 3.8) is 0 Å². The summed E-state index contributed by atoms with van der Waals surface area (Å²) in [6.45, 7) is 0.831. The molecule has 0 aliphatic carbocycles. The van der Waals surface area contributed by atoms with Gasteiger partial charge in [-0.25, -0.2) is 0 Å². The van der Waals surface area contributed by atoms with Crippen molar-refractivity contribution in [1.82, 2.24) is 5.32 Å². The second-order valence-electron chi connectivity index (χ2n) is 4.92. The molecule has 1 N–H and O–H groups in total. The number of fused-ring (bicyclic) bond motifs is 1. The third-order valence-electron chi connectivity index (χ3n) is 3.48. The Bertz CT molecular complexity index is 642. The number of likely N-dealkylation sites (N-methyl/N-ethyl adjacent to an activating group) is 1. The van der Waals surface area contributed by atoms with Crippen LogP contribution in [0.2, 0.25) is 10.0 Å². The zero-order valence-electron chi connectivity index (χ0n) is 11.1. The Morgan fingerprint density at radius 2 is 2.05 bits per heavy atom. The predicted molar refractivity (Wildman–Crippen MR) is 83.9 cm³/mol. The fourth-order valence-corrected chi connectivity index (χ4v) is 2.99. The topological polar surface area (TPSA) is 21.3 Å². The van der Waals surface area contributed by atoms with Crippen LogP contribution in [0.3, 0.4) is 0 Å². The molecule has 2 aromatic rings. The Morgan fingerprint density at radius 3 is 2.85 bits per heavy atom. The fraction of sp³-hybridized carbons (Fsp3) is 0.250. The van der Waals surface area contributed by atoms with Gasteiger partial charge < -0.3 is 10.1 Å². The van der Waals surface area contributed by atoms with Crippen LogP contribution in [0, 0.1) is 0 Å². The van der Waals surface area contributed by atoms with E-state index in [0.717, 1.165) is 29.8 Å². The van der Waals surface area contributed by atoms with Crippen molar-refractivity contribution in [2.75, 3.05) is 13.6 Å². The van der Waals surface area contributed by atoms with Gasteiger partial charge in [-0.15, -0.1) is 0 Å². The van der Waals surface area contributed by atoms with Gasteiger partial charge in [0, 0.05) is 34.1 Å². The highest BCUT2D eigenvalue weighted by Gasteiger charge is 2.25. The zero-order valence-corrected chi connectivity index (χ0v) is 12.6. The first-order valence-electron chi connectivity index (χ1n) is 6.57. The van der Waals surface area contributed by atoms with Gasteiger partial charge in [0.25, 0.3) is 0 Å². The molecule has 0 bridgehead atoms. The van der Waals surface area contributed by atoms with Gasteiger partial charge in [0.2, 0.25) is 0 Å². The highest BCUT2D eigenvalue weighted by atomic mass is 35.5. The van der Waals surface area contributed by atoms with Gasteiger partial charge in [-0.2, -0.15) is 0 Å². The summed E-state index contributed by atoms with van der Waals surface area (Å²) in [6, 6.07) is 11.7. The molecule has 1 heterocycles. The molecule has 2 nitrogen and oxygen atoms in total. The lowest BCUT2D eigenvalue weighted by Crippen LogP contribution is -2.27. The van der Waals surface area contributed by atoms with E-state index in [9.17, 15) is 0 Å².